The fraction of sp³-hybridized carbons (Fsp3) is 0.516. The summed E-state index contributed by atoms with van der Waals surface area (Å²) in [5.41, 5.74) is 2.60. The molecule has 2 aromatic rings. The normalized spacial score (nSPS) is 19.2. The predicted molar refractivity (Wildman–Crippen MR) is 150 cm³/mol. The minimum Gasteiger partial charge on any atom is -0.348 e. The van der Waals surface area contributed by atoms with Crippen molar-refractivity contribution in [3.63, 3.8) is 0 Å². The Bertz CT molecular complexity index is 1220. The molecular weight excluding hydrogens is 504 g/mol. The Labute approximate surface area is 236 Å². The highest BCUT2D eigenvalue weighted by atomic mass is 16.2. The van der Waals surface area contributed by atoms with Crippen LogP contribution in [0, 0.1) is 17.2 Å². The van der Waals surface area contributed by atoms with Crippen LogP contribution in [-0.2, 0) is 11.3 Å². The van der Waals surface area contributed by atoms with E-state index in [1.807, 2.05) is 29.2 Å². The van der Waals surface area contributed by atoms with Gasteiger partial charge in [0.15, 0.2) is 0 Å². The van der Waals surface area contributed by atoms with Gasteiger partial charge in [0.2, 0.25) is 5.91 Å². The molecule has 3 heterocycles. The number of carbonyl (C=O) groups is 3. The number of amides is 3. The summed E-state index contributed by atoms with van der Waals surface area (Å²) in [7, 11) is 0. The highest BCUT2D eigenvalue weighted by Gasteiger charge is 2.30. The maximum Gasteiger partial charge on any atom is 0.270 e. The molecule has 9 heteroatoms. The van der Waals surface area contributed by atoms with Gasteiger partial charge in [-0.2, -0.15) is 5.26 Å². The number of piperidine rings is 1. The lowest BCUT2D eigenvalue weighted by atomic mass is 9.88. The number of nitrogens with one attached hydrogen (secondary N) is 1. The number of rotatable bonds is 6. The van der Waals surface area contributed by atoms with Crippen LogP contribution in [0.25, 0.3) is 0 Å². The number of benzene rings is 1. The molecule has 1 aliphatic carbocycles. The van der Waals surface area contributed by atoms with Gasteiger partial charge in [-0.1, -0.05) is 31.4 Å². The second-order valence-corrected chi connectivity index (χ2v) is 11.2. The topological polar surface area (TPSA) is 110 Å². The number of hydrogen-bond acceptors (Lipinski definition) is 6. The maximum absolute atomic E-state index is 13.0. The van der Waals surface area contributed by atoms with Crippen LogP contribution in [0.5, 0.6) is 0 Å². The van der Waals surface area contributed by atoms with Gasteiger partial charge in [-0.25, -0.2) is 0 Å². The Morgan fingerprint density at radius 2 is 1.52 bits per heavy atom. The zero-order valence-corrected chi connectivity index (χ0v) is 23.1. The quantitative estimate of drug-likeness (QED) is 0.600. The molecule has 3 aliphatic rings. The molecule has 0 spiro atoms. The molecule has 5 rings (SSSR count). The van der Waals surface area contributed by atoms with Gasteiger partial charge in [-0.05, 0) is 55.5 Å². The number of hydrogen-bond donors (Lipinski definition) is 1. The van der Waals surface area contributed by atoms with Crippen LogP contribution in [-0.4, -0.2) is 82.7 Å². The third-order valence-electron chi connectivity index (χ3n) is 8.49. The minimum atomic E-state index is -0.223. The molecule has 0 unspecified atom stereocenters. The molecule has 0 radical (unpaired) electrons. The van der Waals surface area contributed by atoms with Crippen molar-refractivity contribution in [2.24, 2.45) is 5.92 Å². The van der Waals surface area contributed by atoms with Gasteiger partial charge in [0.25, 0.3) is 11.8 Å². The van der Waals surface area contributed by atoms with E-state index < -0.39 is 0 Å². The first-order valence-corrected chi connectivity index (χ1v) is 14.6. The highest BCUT2D eigenvalue weighted by molar-refractivity contribution is 5.96. The van der Waals surface area contributed by atoms with Gasteiger partial charge in [-0.15, -0.1) is 0 Å². The van der Waals surface area contributed by atoms with Crippen molar-refractivity contribution in [2.75, 3.05) is 39.3 Å². The lowest BCUT2D eigenvalue weighted by Gasteiger charge is -2.37. The minimum absolute atomic E-state index is 0.0837. The third-order valence-corrected chi connectivity index (χ3v) is 8.49. The van der Waals surface area contributed by atoms with Crippen LogP contribution in [0.1, 0.15) is 76.9 Å². The second-order valence-electron chi connectivity index (χ2n) is 11.2. The first-order valence-electron chi connectivity index (χ1n) is 14.6. The zero-order valence-electron chi connectivity index (χ0n) is 23.1. The first-order chi connectivity index (χ1) is 19.5. The van der Waals surface area contributed by atoms with Gasteiger partial charge in [0.05, 0.1) is 17.2 Å². The van der Waals surface area contributed by atoms with Gasteiger partial charge >= 0.3 is 0 Å². The molecule has 1 saturated carbocycles. The second kappa shape index (κ2) is 13.1. The van der Waals surface area contributed by atoms with Gasteiger partial charge in [-0.3, -0.25) is 24.3 Å². The Balaban J connectivity index is 1.05. The van der Waals surface area contributed by atoms with Crippen molar-refractivity contribution >= 4 is 17.7 Å². The standard InChI is InChI=1S/C31H38N6O3/c32-20-23-6-8-24(9-7-23)22-35-14-12-27(13-15-35)34-29(38)28-11-10-26(21-33-28)31(40)37-18-16-36(17-19-37)30(39)25-4-2-1-3-5-25/h6-11,21,25,27H,1-5,12-19,22H2,(H,34,38). The number of carbonyl (C=O) groups excluding carboxylic acids is 3. The van der Waals surface area contributed by atoms with Crippen molar-refractivity contribution in [1.29, 1.82) is 5.26 Å². The first kappa shape index (κ1) is 27.8. The van der Waals surface area contributed by atoms with Crippen LogP contribution in [0.3, 0.4) is 0 Å². The molecule has 1 N–H and O–H groups in total. The summed E-state index contributed by atoms with van der Waals surface area (Å²) in [5, 5.41) is 12.0. The molecule has 40 heavy (non-hydrogen) atoms. The molecular formula is C31H38N6O3. The Morgan fingerprint density at radius 3 is 2.15 bits per heavy atom. The van der Waals surface area contributed by atoms with Crippen molar-refractivity contribution in [3.05, 3.63) is 65.0 Å². The average molecular weight is 543 g/mol. The lowest BCUT2D eigenvalue weighted by molar-refractivity contribution is -0.138. The van der Waals surface area contributed by atoms with E-state index in [9.17, 15) is 14.4 Å². The summed E-state index contributed by atoms with van der Waals surface area (Å²) in [6, 6.07) is 13.2. The number of piperazine rings is 1. The molecule has 0 bridgehead atoms. The van der Waals surface area contributed by atoms with Gasteiger partial charge in [0.1, 0.15) is 5.69 Å². The SMILES string of the molecule is N#Cc1ccc(CN2CCC(NC(=O)c3ccc(C(=O)N4CCN(C(=O)C5CCCCC5)CC4)cn3)CC2)cc1. The van der Waals surface area contributed by atoms with Crippen LogP contribution in [0.2, 0.25) is 0 Å². The molecule has 1 aromatic heterocycles. The zero-order chi connectivity index (χ0) is 27.9. The molecule has 3 amide bonds. The monoisotopic (exact) mass is 542 g/mol. The largest absolute Gasteiger partial charge is 0.348 e. The number of pyridine rings is 1. The molecule has 2 aliphatic heterocycles. The summed E-state index contributed by atoms with van der Waals surface area (Å²) < 4.78 is 0. The predicted octanol–water partition coefficient (Wildman–Crippen LogP) is 3.21. The molecule has 2 saturated heterocycles. The summed E-state index contributed by atoms with van der Waals surface area (Å²) in [5.74, 6) is 0.0689. The van der Waals surface area contributed by atoms with Crippen molar-refractivity contribution in [2.45, 2.75) is 57.5 Å². The fourth-order valence-electron chi connectivity index (χ4n) is 6.01. The maximum atomic E-state index is 13.0. The van der Waals surface area contributed by atoms with E-state index in [-0.39, 0.29) is 29.7 Å². The van der Waals surface area contributed by atoms with Crippen LogP contribution >= 0.6 is 0 Å². The highest BCUT2D eigenvalue weighted by Crippen LogP contribution is 2.26. The summed E-state index contributed by atoms with van der Waals surface area (Å²) in [6.45, 7) is 4.77. The fourth-order valence-corrected chi connectivity index (χ4v) is 6.01. The Hall–Kier alpha value is -3.77. The lowest BCUT2D eigenvalue weighted by Crippen LogP contribution is -2.52. The van der Waals surface area contributed by atoms with E-state index in [1.54, 1.807) is 17.0 Å². The van der Waals surface area contributed by atoms with E-state index >= 15 is 0 Å². The van der Waals surface area contributed by atoms with E-state index in [1.165, 1.54) is 18.2 Å². The number of nitriles is 1. The van der Waals surface area contributed by atoms with E-state index in [0.717, 1.165) is 58.2 Å². The summed E-state index contributed by atoms with van der Waals surface area (Å²) in [6.07, 6.45) is 8.66. The summed E-state index contributed by atoms with van der Waals surface area (Å²) in [4.78, 5) is 49.0. The number of nitrogens with zero attached hydrogens (tertiary/aromatic N) is 5. The van der Waals surface area contributed by atoms with Crippen molar-refractivity contribution < 1.29 is 14.4 Å². The molecule has 9 nitrogen and oxygen atoms in total. The van der Waals surface area contributed by atoms with E-state index in [4.69, 9.17) is 5.26 Å². The molecule has 0 atom stereocenters. The smallest absolute Gasteiger partial charge is 0.270 e. The van der Waals surface area contributed by atoms with Crippen LogP contribution < -0.4 is 5.32 Å². The number of likely N-dealkylation sites (tertiary alicyclic amines) is 1. The number of aromatic nitrogens is 1. The van der Waals surface area contributed by atoms with E-state index in [2.05, 4.69) is 21.3 Å². The Morgan fingerprint density at radius 1 is 0.850 bits per heavy atom. The van der Waals surface area contributed by atoms with Crippen molar-refractivity contribution in [3.8, 4) is 6.07 Å². The van der Waals surface area contributed by atoms with E-state index in [0.29, 0.717) is 43.0 Å². The summed E-state index contributed by atoms with van der Waals surface area (Å²) >= 11 is 0. The molecule has 210 valence electrons. The van der Waals surface area contributed by atoms with Crippen LogP contribution in [0.4, 0.5) is 0 Å². The Kier molecular flexibility index (Phi) is 9.07. The van der Waals surface area contributed by atoms with Gasteiger partial charge in [0, 0.05) is 64.0 Å². The van der Waals surface area contributed by atoms with Crippen LogP contribution in [0.15, 0.2) is 42.6 Å². The van der Waals surface area contributed by atoms with Crippen molar-refractivity contribution in [1.82, 2.24) is 25.0 Å². The molecule has 3 fully saturated rings. The van der Waals surface area contributed by atoms with Gasteiger partial charge < -0.3 is 15.1 Å². The average Bonchev–Trinajstić information content (AvgIpc) is 3.02. The molecule has 1 aromatic carbocycles. The third kappa shape index (κ3) is 6.86.